The number of rotatable bonds is 5. The SMILES string of the molecule is O=C(COc1ccccc1F)Nc1ccc(-c2cnc[nH]2)cc1. The molecule has 0 fully saturated rings. The minimum atomic E-state index is -0.496. The van der Waals surface area contributed by atoms with Crippen LogP contribution in [0.5, 0.6) is 5.75 Å². The maximum absolute atomic E-state index is 13.4. The van der Waals surface area contributed by atoms with Crippen LogP contribution in [-0.2, 0) is 4.79 Å². The third kappa shape index (κ3) is 3.74. The molecular formula is C17H14FN3O2. The Labute approximate surface area is 132 Å². The normalized spacial score (nSPS) is 10.3. The van der Waals surface area contributed by atoms with Crippen molar-refractivity contribution in [1.82, 2.24) is 9.97 Å². The van der Waals surface area contributed by atoms with Gasteiger partial charge in [-0.25, -0.2) is 9.37 Å². The Morgan fingerprint density at radius 3 is 2.65 bits per heavy atom. The third-order valence-electron chi connectivity index (χ3n) is 3.17. The number of hydrogen-bond donors (Lipinski definition) is 2. The van der Waals surface area contributed by atoms with Crippen LogP contribution in [0.1, 0.15) is 0 Å². The molecule has 3 rings (SSSR count). The Morgan fingerprint density at radius 1 is 1.17 bits per heavy atom. The number of amides is 1. The number of H-pyrrole nitrogens is 1. The largest absolute Gasteiger partial charge is 0.481 e. The zero-order valence-corrected chi connectivity index (χ0v) is 12.1. The zero-order chi connectivity index (χ0) is 16.1. The van der Waals surface area contributed by atoms with E-state index < -0.39 is 5.82 Å². The zero-order valence-electron chi connectivity index (χ0n) is 12.1. The molecular weight excluding hydrogens is 297 g/mol. The molecule has 0 saturated carbocycles. The molecule has 6 heteroatoms. The molecule has 3 aromatic rings. The molecule has 1 heterocycles. The number of carbonyl (C=O) groups excluding carboxylic acids is 1. The molecule has 0 spiro atoms. The predicted molar refractivity (Wildman–Crippen MR) is 84.5 cm³/mol. The highest BCUT2D eigenvalue weighted by atomic mass is 19.1. The van der Waals surface area contributed by atoms with Gasteiger partial charge in [0, 0.05) is 5.69 Å². The number of nitrogens with one attached hydrogen (secondary N) is 2. The predicted octanol–water partition coefficient (Wildman–Crippen LogP) is 3.23. The maximum atomic E-state index is 13.4. The Kier molecular flexibility index (Phi) is 4.33. The third-order valence-corrected chi connectivity index (χ3v) is 3.17. The molecule has 2 aromatic carbocycles. The summed E-state index contributed by atoms with van der Waals surface area (Å²) in [6.07, 6.45) is 3.32. The molecule has 1 aromatic heterocycles. The van der Waals surface area contributed by atoms with Crippen LogP contribution in [0.4, 0.5) is 10.1 Å². The first-order valence-electron chi connectivity index (χ1n) is 6.98. The van der Waals surface area contributed by atoms with Crippen LogP contribution < -0.4 is 10.1 Å². The fourth-order valence-corrected chi connectivity index (χ4v) is 2.05. The number of nitrogens with zero attached hydrogens (tertiary/aromatic N) is 1. The lowest BCUT2D eigenvalue weighted by molar-refractivity contribution is -0.118. The fourth-order valence-electron chi connectivity index (χ4n) is 2.05. The molecule has 0 aliphatic heterocycles. The summed E-state index contributed by atoms with van der Waals surface area (Å²) in [5, 5.41) is 2.69. The number of aromatic amines is 1. The number of para-hydroxylation sites is 1. The van der Waals surface area contributed by atoms with E-state index in [1.54, 1.807) is 36.8 Å². The van der Waals surface area contributed by atoms with E-state index in [0.717, 1.165) is 11.3 Å². The summed E-state index contributed by atoms with van der Waals surface area (Å²) in [7, 11) is 0. The van der Waals surface area contributed by atoms with E-state index in [-0.39, 0.29) is 18.3 Å². The van der Waals surface area contributed by atoms with Crippen LogP contribution in [0.25, 0.3) is 11.3 Å². The van der Waals surface area contributed by atoms with E-state index in [1.807, 2.05) is 12.1 Å². The van der Waals surface area contributed by atoms with Gasteiger partial charge in [0.2, 0.25) is 0 Å². The van der Waals surface area contributed by atoms with E-state index in [2.05, 4.69) is 15.3 Å². The Morgan fingerprint density at radius 2 is 1.96 bits per heavy atom. The Bertz CT molecular complexity index is 786. The highest BCUT2D eigenvalue weighted by Gasteiger charge is 2.07. The van der Waals surface area contributed by atoms with Crippen molar-refractivity contribution in [3.8, 4) is 17.0 Å². The minimum Gasteiger partial charge on any atom is -0.481 e. The van der Waals surface area contributed by atoms with E-state index in [4.69, 9.17) is 4.74 Å². The number of anilines is 1. The van der Waals surface area contributed by atoms with Gasteiger partial charge in [-0.2, -0.15) is 0 Å². The molecule has 0 saturated heterocycles. The summed E-state index contributed by atoms with van der Waals surface area (Å²) >= 11 is 0. The second-order valence-electron chi connectivity index (χ2n) is 4.81. The quantitative estimate of drug-likeness (QED) is 0.760. The molecule has 1 amide bonds. The van der Waals surface area contributed by atoms with E-state index in [1.165, 1.54) is 12.1 Å². The van der Waals surface area contributed by atoms with Crippen molar-refractivity contribution in [3.63, 3.8) is 0 Å². The Hall–Kier alpha value is -3.15. The Balaban J connectivity index is 1.57. The van der Waals surface area contributed by atoms with Crippen LogP contribution in [-0.4, -0.2) is 22.5 Å². The van der Waals surface area contributed by atoms with Crippen molar-refractivity contribution in [2.75, 3.05) is 11.9 Å². The van der Waals surface area contributed by atoms with Gasteiger partial charge in [-0.1, -0.05) is 24.3 Å². The molecule has 0 aliphatic rings. The van der Waals surface area contributed by atoms with E-state index in [0.29, 0.717) is 5.69 Å². The van der Waals surface area contributed by atoms with Gasteiger partial charge < -0.3 is 15.0 Å². The lowest BCUT2D eigenvalue weighted by Gasteiger charge is -2.08. The number of carbonyl (C=O) groups is 1. The first-order chi connectivity index (χ1) is 11.2. The van der Waals surface area contributed by atoms with E-state index >= 15 is 0 Å². The molecule has 0 aliphatic carbocycles. The summed E-state index contributed by atoms with van der Waals surface area (Å²) in [5.74, 6) is -0.802. The second-order valence-corrected chi connectivity index (χ2v) is 4.81. The molecule has 0 bridgehead atoms. The van der Waals surface area contributed by atoms with Gasteiger partial charge in [0.1, 0.15) is 0 Å². The number of halogens is 1. The minimum absolute atomic E-state index is 0.0530. The van der Waals surface area contributed by atoms with Gasteiger partial charge in [0.05, 0.1) is 18.2 Å². The second kappa shape index (κ2) is 6.74. The van der Waals surface area contributed by atoms with Crippen molar-refractivity contribution in [1.29, 1.82) is 0 Å². The van der Waals surface area contributed by atoms with Gasteiger partial charge >= 0.3 is 0 Å². The van der Waals surface area contributed by atoms with Crippen LogP contribution in [0, 0.1) is 5.82 Å². The molecule has 2 N–H and O–H groups in total. The van der Waals surface area contributed by atoms with Crippen LogP contribution in [0.2, 0.25) is 0 Å². The number of benzene rings is 2. The van der Waals surface area contributed by atoms with Crippen molar-refractivity contribution in [2.24, 2.45) is 0 Å². The van der Waals surface area contributed by atoms with Crippen molar-refractivity contribution >= 4 is 11.6 Å². The molecule has 23 heavy (non-hydrogen) atoms. The highest BCUT2D eigenvalue weighted by molar-refractivity contribution is 5.92. The number of ether oxygens (including phenoxy) is 1. The molecule has 0 atom stereocenters. The van der Waals surface area contributed by atoms with Crippen LogP contribution in [0.15, 0.2) is 61.1 Å². The standard InChI is InChI=1S/C17H14FN3O2/c18-14-3-1-2-4-16(14)23-10-17(22)21-13-7-5-12(6-8-13)15-9-19-11-20-15/h1-9,11H,10H2,(H,19,20)(H,21,22). The molecule has 0 unspecified atom stereocenters. The van der Waals surface area contributed by atoms with Crippen molar-refractivity contribution in [3.05, 3.63) is 66.9 Å². The first kappa shape index (κ1) is 14.8. The van der Waals surface area contributed by atoms with Gasteiger partial charge in [-0.05, 0) is 29.8 Å². The average Bonchev–Trinajstić information content (AvgIpc) is 3.09. The van der Waals surface area contributed by atoms with Crippen molar-refractivity contribution in [2.45, 2.75) is 0 Å². The van der Waals surface area contributed by atoms with Crippen LogP contribution in [0.3, 0.4) is 0 Å². The first-order valence-corrected chi connectivity index (χ1v) is 6.98. The lowest BCUT2D eigenvalue weighted by Crippen LogP contribution is -2.20. The summed E-state index contributed by atoms with van der Waals surface area (Å²) in [4.78, 5) is 18.8. The summed E-state index contributed by atoms with van der Waals surface area (Å²) < 4.78 is 18.5. The summed E-state index contributed by atoms with van der Waals surface area (Å²) in [6, 6.07) is 13.2. The molecule has 5 nitrogen and oxygen atoms in total. The van der Waals surface area contributed by atoms with Crippen molar-refractivity contribution < 1.29 is 13.9 Å². The highest BCUT2D eigenvalue weighted by Crippen LogP contribution is 2.19. The number of hydrogen-bond acceptors (Lipinski definition) is 3. The van der Waals surface area contributed by atoms with Gasteiger partial charge in [0.15, 0.2) is 18.2 Å². The molecule has 116 valence electrons. The van der Waals surface area contributed by atoms with Gasteiger partial charge in [-0.3, -0.25) is 4.79 Å². The lowest BCUT2D eigenvalue weighted by atomic mass is 10.1. The average molecular weight is 311 g/mol. The smallest absolute Gasteiger partial charge is 0.262 e. The number of aromatic nitrogens is 2. The summed E-state index contributed by atoms with van der Waals surface area (Å²) in [6.45, 7) is -0.261. The van der Waals surface area contributed by atoms with Crippen LogP contribution >= 0.6 is 0 Å². The van der Waals surface area contributed by atoms with Gasteiger partial charge in [-0.15, -0.1) is 0 Å². The summed E-state index contributed by atoms with van der Waals surface area (Å²) in [5.41, 5.74) is 2.49. The topological polar surface area (TPSA) is 67.0 Å². The monoisotopic (exact) mass is 311 g/mol. The van der Waals surface area contributed by atoms with Gasteiger partial charge in [0.25, 0.3) is 5.91 Å². The maximum Gasteiger partial charge on any atom is 0.262 e. The van der Waals surface area contributed by atoms with E-state index in [9.17, 15) is 9.18 Å². The fraction of sp³-hybridized carbons (Fsp3) is 0.0588. The number of imidazole rings is 1. The molecule has 0 radical (unpaired) electrons.